The van der Waals surface area contributed by atoms with Gasteiger partial charge in [-0.3, -0.25) is 9.59 Å². The van der Waals surface area contributed by atoms with Crippen molar-refractivity contribution in [3.05, 3.63) is 65.7 Å². The summed E-state index contributed by atoms with van der Waals surface area (Å²) in [5.74, 6) is -1.15. The molecular weight excluding hydrogens is 344 g/mol. The van der Waals surface area contributed by atoms with Crippen molar-refractivity contribution >= 4 is 23.5 Å². The Bertz CT molecular complexity index is 814. The van der Waals surface area contributed by atoms with Gasteiger partial charge in [0.2, 0.25) is 11.8 Å². The molecule has 142 valence electrons. The second kappa shape index (κ2) is 8.49. The first-order chi connectivity index (χ1) is 12.8. The van der Waals surface area contributed by atoms with Crippen molar-refractivity contribution in [1.82, 2.24) is 4.90 Å². The molecule has 0 aliphatic carbocycles. The minimum absolute atomic E-state index is 0.282. The van der Waals surface area contributed by atoms with E-state index in [1.807, 2.05) is 30.3 Å². The Labute approximate surface area is 159 Å². The molecule has 0 heterocycles. The third kappa shape index (κ3) is 4.94. The van der Waals surface area contributed by atoms with Gasteiger partial charge in [0.25, 0.3) is 0 Å². The molecule has 0 spiro atoms. The summed E-state index contributed by atoms with van der Waals surface area (Å²) >= 11 is 0. The predicted molar refractivity (Wildman–Crippen MR) is 103 cm³/mol. The van der Waals surface area contributed by atoms with Crippen LogP contribution in [0.4, 0.5) is 5.69 Å². The molecule has 0 fully saturated rings. The molecule has 2 amide bonds. The normalized spacial score (nSPS) is 10.8. The van der Waals surface area contributed by atoms with E-state index >= 15 is 0 Å². The molecule has 0 bridgehead atoms. The monoisotopic (exact) mass is 368 g/mol. The number of nitrogens with zero attached hydrogens (tertiary/aromatic N) is 1. The SMILES string of the molecule is COC(=O)c1ccc(NC(=O)C(C)(C)C(=O)N(C)Cc2ccccc2)cc1. The van der Waals surface area contributed by atoms with Crippen LogP contribution in [0.2, 0.25) is 0 Å². The number of esters is 1. The minimum Gasteiger partial charge on any atom is -0.465 e. The lowest BCUT2D eigenvalue weighted by Gasteiger charge is -2.28. The van der Waals surface area contributed by atoms with E-state index in [-0.39, 0.29) is 5.91 Å². The molecule has 1 N–H and O–H groups in total. The Morgan fingerprint density at radius 1 is 1.00 bits per heavy atom. The molecule has 6 nitrogen and oxygen atoms in total. The van der Waals surface area contributed by atoms with Gasteiger partial charge in [-0.15, -0.1) is 0 Å². The zero-order valence-corrected chi connectivity index (χ0v) is 16.0. The second-order valence-electron chi connectivity index (χ2n) is 6.79. The van der Waals surface area contributed by atoms with Crippen molar-refractivity contribution in [2.45, 2.75) is 20.4 Å². The van der Waals surface area contributed by atoms with Crippen molar-refractivity contribution in [3.8, 4) is 0 Å². The van der Waals surface area contributed by atoms with Crippen LogP contribution in [0.5, 0.6) is 0 Å². The fourth-order valence-corrected chi connectivity index (χ4v) is 2.60. The lowest BCUT2D eigenvalue weighted by molar-refractivity contribution is -0.145. The van der Waals surface area contributed by atoms with Gasteiger partial charge in [0.05, 0.1) is 12.7 Å². The lowest BCUT2D eigenvalue weighted by atomic mass is 9.90. The van der Waals surface area contributed by atoms with Crippen LogP contribution >= 0.6 is 0 Å². The summed E-state index contributed by atoms with van der Waals surface area (Å²) in [5, 5.41) is 2.73. The second-order valence-corrected chi connectivity index (χ2v) is 6.79. The number of ether oxygens (including phenoxy) is 1. The molecule has 0 radical (unpaired) electrons. The number of nitrogens with one attached hydrogen (secondary N) is 1. The van der Waals surface area contributed by atoms with Crippen LogP contribution < -0.4 is 5.32 Å². The Balaban J connectivity index is 2.04. The number of benzene rings is 2. The average molecular weight is 368 g/mol. The Hall–Kier alpha value is -3.15. The third-order valence-corrected chi connectivity index (χ3v) is 4.28. The van der Waals surface area contributed by atoms with Gasteiger partial charge >= 0.3 is 5.97 Å². The summed E-state index contributed by atoms with van der Waals surface area (Å²) in [6.45, 7) is 3.61. The van der Waals surface area contributed by atoms with Gasteiger partial charge in [-0.1, -0.05) is 30.3 Å². The zero-order valence-electron chi connectivity index (χ0n) is 16.0. The number of carbonyl (C=O) groups is 3. The lowest BCUT2D eigenvalue weighted by Crippen LogP contribution is -2.45. The summed E-state index contributed by atoms with van der Waals surface area (Å²) in [5.41, 5.74) is 0.625. The number of rotatable bonds is 6. The minimum atomic E-state index is -1.25. The maximum atomic E-state index is 12.8. The van der Waals surface area contributed by atoms with E-state index in [1.54, 1.807) is 45.2 Å². The number of hydrogen-bond acceptors (Lipinski definition) is 4. The summed E-state index contributed by atoms with van der Waals surface area (Å²) in [6.07, 6.45) is 0. The summed E-state index contributed by atoms with van der Waals surface area (Å²) in [6, 6.07) is 15.9. The van der Waals surface area contributed by atoms with Crippen molar-refractivity contribution in [3.63, 3.8) is 0 Å². The smallest absolute Gasteiger partial charge is 0.337 e. The van der Waals surface area contributed by atoms with Gasteiger partial charge in [0.15, 0.2) is 0 Å². The predicted octanol–water partition coefficient (Wildman–Crippen LogP) is 3.10. The maximum Gasteiger partial charge on any atom is 0.337 e. The van der Waals surface area contributed by atoms with Gasteiger partial charge in [-0.25, -0.2) is 4.79 Å². The summed E-state index contributed by atoms with van der Waals surface area (Å²) in [4.78, 5) is 38.4. The molecule has 0 saturated carbocycles. The first kappa shape index (κ1) is 20.2. The Morgan fingerprint density at radius 2 is 1.59 bits per heavy atom. The highest BCUT2D eigenvalue weighted by atomic mass is 16.5. The van der Waals surface area contributed by atoms with Gasteiger partial charge < -0.3 is 15.0 Å². The largest absolute Gasteiger partial charge is 0.465 e. The zero-order chi connectivity index (χ0) is 20.0. The molecule has 6 heteroatoms. The molecule has 0 aromatic heterocycles. The Morgan fingerprint density at radius 3 is 2.15 bits per heavy atom. The quantitative estimate of drug-likeness (QED) is 0.628. The number of anilines is 1. The molecule has 0 unspecified atom stereocenters. The van der Waals surface area contributed by atoms with Crippen LogP contribution in [-0.4, -0.2) is 36.8 Å². The topological polar surface area (TPSA) is 75.7 Å². The highest BCUT2D eigenvalue weighted by Gasteiger charge is 2.38. The third-order valence-electron chi connectivity index (χ3n) is 4.28. The number of amides is 2. The van der Waals surface area contributed by atoms with E-state index < -0.39 is 17.3 Å². The molecular formula is C21H24N2O4. The fraction of sp³-hybridized carbons (Fsp3) is 0.286. The highest BCUT2D eigenvalue weighted by molar-refractivity contribution is 6.09. The maximum absolute atomic E-state index is 12.8. The van der Waals surface area contributed by atoms with Gasteiger partial charge in [0.1, 0.15) is 5.41 Å². The number of methoxy groups -OCH3 is 1. The van der Waals surface area contributed by atoms with Crippen molar-refractivity contribution in [2.24, 2.45) is 5.41 Å². The van der Waals surface area contributed by atoms with E-state index in [2.05, 4.69) is 10.1 Å². The average Bonchev–Trinajstić information content (AvgIpc) is 2.67. The summed E-state index contributed by atoms with van der Waals surface area (Å²) in [7, 11) is 2.98. The van der Waals surface area contributed by atoms with Crippen LogP contribution in [0, 0.1) is 5.41 Å². The van der Waals surface area contributed by atoms with Crippen molar-refractivity contribution in [2.75, 3.05) is 19.5 Å². The van der Waals surface area contributed by atoms with Gasteiger partial charge in [-0.05, 0) is 43.7 Å². The van der Waals surface area contributed by atoms with Crippen LogP contribution in [0.1, 0.15) is 29.8 Å². The van der Waals surface area contributed by atoms with E-state index in [0.717, 1.165) is 5.56 Å². The molecule has 27 heavy (non-hydrogen) atoms. The van der Waals surface area contributed by atoms with E-state index in [9.17, 15) is 14.4 Å². The first-order valence-corrected chi connectivity index (χ1v) is 8.55. The molecule has 0 saturated heterocycles. The van der Waals surface area contributed by atoms with Gasteiger partial charge in [-0.2, -0.15) is 0 Å². The first-order valence-electron chi connectivity index (χ1n) is 8.55. The van der Waals surface area contributed by atoms with Crippen LogP contribution in [0.25, 0.3) is 0 Å². The standard InChI is InChI=1S/C21H24N2O4/c1-21(2,20(26)23(3)14-15-8-6-5-7-9-15)19(25)22-17-12-10-16(11-13-17)18(24)27-4/h5-13H,14H2,1-4H3,(H,22,25). The van der Waals surface area contributed by atoms with Gasteiger partial charge in [0, 0.05) is 19.3 Å². The highest BCUT2D eigenvalue weighted by Crippen LogP contribution is 2.23. The van der Waals surface area contributed by atoms with Crippen LogP contribution in [-0.2, 0) is 20.9 Å². The van der Waals surface area contributed by atoms with Crippen molar-refractivity contribution < 1.29 is 19.1 Å². The van der Waals surface area contributed by atoms with E-state index in [4.69, 9.17) is 0 Å². The van der Waals surface area contributed by atoms with Crippen LogP contribution in [0.3, 0.4) is 0 Å². The molecule has 0 atom stereocenters. The van der Waals surface area contributed by atoms with E-state index in [0.29, 0.717) is 17.8 Å². The summed E-state index contributed by atoms with van der Waals surface area (Å²) < 4.78 is 4.64. The molecule has 0 aliphatic rings. The molecule has 2 rings (SSSR count). The van der Waals surface area contributed by atoms with Crippen molar-refractivity contribution in [1.29, 1.82) is 0 Å². The fourth-order valence-electron chi connectivity index (χ4n) is 2.60. The molecule has 2 aromatic carbocycles. The Kier molecular flexibility index (Phi) is 6.34. The van der Waals surface area contributed by atoms with Crippen LogP contribution in [0.15, 0.2) is 54.6 Å². The molecule has 0 aliphatic heterocycles. The molecule has 2 aromatic rings. The number of carbonyl (C=O) groups excluding carboxylic acids is 3. The number of hydrogen-bond donors (Lipinski definition) is 1. The van der Waals surface area contributed by atoms with E-state index in [1.165, 1.54) is 12.0 Å².